The average molecular weight is 199 g/mol. The van der Waals surface area contributed by atoms with Crippen LogP contribution in [0.5, 0.6) is 0 Å². The standard InChI is InChI=1S/C4H11N3.H3O4P/c5-7-3-1-6-2-4-7;1-5(2,3)4/h6H,1-5H2;(H3,1,2,3,4). The molecule has 74 valence electrons. The molecule has 0 aromatic rings. The third-order valence-electron chi connectivity index (χ3n) is 1.15. The van der Waals surface area contributed by atoms with Crippen molar-refractivity contribution in [2.75, 3.05) is 26.2 Å². The zero-order valence-corrected chi connectivity index (χ0v) is 7.44. The van der Waals surface area contributed by atoms with Crippen LogP contribution in [0.15, 0.2) is 0 Å². The maximum absolute atomic E-state index is 8.88. The summed E-state index contributed by atoms with van der Waals surface area (Å²) >= 11 is 0. The number of hydrogen-bond donors (Lipinski definition) is 5. The number of piperazine rings is 1. The van der Waals surface area contributed by atoms with E-state index in [9.17, 15) is 0 Å². The van der Waals surface area contributed by atoms with Gasteiger partial charge in [0.25, 0.3) is 0 Å². The van der Waals surface area contributed by atoms with Crippen molar-refractivity contribution >= 4 is 7.82 Å². The van der Waals surface area contributed by atoms with Crippen LogP contribution < -0.4 is 11.2 Å². The second-order valence-electron chi connectivity index (χ2n) is 2.30. The lowest BCUT2D eigenvalue weighted by Gasteiger charge is -2.21. The zero-order valence-electron chi connectivity index (χ0n) is 6.55. The Morgan fingerprint density at radius 1 is 1.25 bits per heavy atom. The Balaban J connectivity index is 0.000000217. The Morgan fingerprint density at radius 2 is 1.58 bits per heavy atom. The van der Waals surface area contributed by atoms with Crippen molar-refractivity contribution in [3.8, 4) is 0 Å². The van der Waals surface area contributed by atoms with E-state index >= 15 is 0 Å². The Morgan fingerprint density at radius 3 is 1.75 bits per heavy atom. The van der Waals surface area contributed by atoms with Gasteiger partial charge in [0.05, 0.1) is 0 Å². The van der Waals surface area contributed by atoms with Crippen LogP contribution in [0, 0.1) is 0 Å². The molecule has 7 nitrogen and oxygen atoms in total. The van der Waals surface area contributed by atoms with Gasteiger partial charge in [0, 0.05) is 26.2 Å². The fraction of sp³-hybridized carbons (Fsp3) is 1.00. The highest BCUT2D eigenvalue weighted by atomic mass is 31.2. The first-order valence-electron chi connectivity index (χ1n) is 3.38. The van der Waals surface area contributed by atoms with E-state index in [1.165, 1.54) is 0 Å². The lowest BCUT2D eigenvalue weighted by Crippen LogP contribution is -2.47. The summed E-state index contributed by atoms with van der Waals surface area (Å²) in [5.74, 6) is 5.43. The van der Waals surface area contributed by atoms with Crippen molar-refractivity contribution in [2.24, 2.45) is 5.84 Å². The molecule has 0 radical (unpaired) electrons. The van der Waals surface area contributed by atoms with Gasteiger partial charge in [-0.3, -0.25) is 5.84 Å². The fourth-order valence-electron chi connectivity index (χ4n) is 0.682. The Labute approximate surface area is 70.4 Å². The number of hydrogen-bond acceptors (Lipinski definition) is 4. The summed E-state index contributed by atoms with van der Waals surface area (Å²) in [5.41, 5.74) is 0. The Bertz CT molecular complexity index is 146. The van der Waals surface area contributed by atoms with Crippen LogP contribution in [0.25, 0.3) is 0 Å². The molecule has 0 unspecified atom stereocenters. The van der Waals surface area contributed by atoms with Crippen molar-refractivity contribution < 1.29 is 19.2 Å². The van der Waals surface area contributed by atoms with Crippen LogP contribution in [0.2, 0.25) is 0 Å². The predicted molar refractivity (Wildman–Crippen MR) is 42.9 cm³/mol. The molecule has 0 saturated carbocycles. The molecule has 0 amide bonds. The minimum atomic E-state index is -4.64. The van der Waals surface area contributed by atoms with E-state index in [4.69, 9.17) is 25.1 Å². The monoisotopic (exact) mass is 199 g/mol. The van der Waals surface area contributed by atoms with E-state index in [0.29, 0.717) is 0 Å². The molecule has 1 heterocycles. The molecular formula is C4H14N3O4P. The highest BCUT2D eigenvalue weighted by Crippen LogP contribution is 2.25. The Kier molecular flexibility index (Phi) is 5.60. The molecule has 1 aliphatic heterocycles. The third-order valence-corrected chi connectivity index (χ3v) is 1.15. The summed E-state index contributed by atoms with van der Waals surface area (Å²) < 4.78 is 8.88. The second-order valence-corrected chi connectivity index (χ2v) is 3.33. The van der Waals surface area contributed by atoms with Crippen molar-refractivity contribution in [3.63, 3.8) is 0 Å². The average Bonchev–Trinajstić information content (AvgIpc) is 1.85. The van der Waals surface area contributed by atoms with Crippen LogP contribution in [-0.4, -0.2) is 45.9 Å². The SMILES string of the molecule is NN1CCNCC1.O=P(O)(O)O. The van der Waals surface area contributed by atoms with E-state index in [1.807, 2.05) is 5.01 Å². The minimum Gasteiger partial charge on any atom is -0.314 e. The van der Waals surface area contributed by atoms with Crippen molar-refractivity contribution in [1.82, 2.24) is 10.3 Å². The molecule has 12 heavy (non-hydrogen) atoms. The predicted octanol–water partition coefficient (Wildman–Crippen LogP) is -2.16. The van der Waals surface area contributed by atoms with Crippen LogP contribution in [0.4, 0.5) is 0 Å². The topological polar surface area (TPSA) is 119 Å². The van der Waals surface area contributed by atoms with Gasteiger partial charge in [-0.05, 0) is 0 Å². The maximum Gasteiger partial charge on any atom is 0.466 e. The van der Waals surface area contributed by atoms with Crippen LogP contribution >= 0.6 is 7.82 Å². The molecule has 0 bridgehead atoms. The molecule has 0 atom stereocenters. The van der Waals surface area contributed by atoms with E-state index in [2.05, 4.69) is 5.32 Å². The molecule has 1 fully saturated rings. The third kappa shape index (κ3) is 12.6. The van der Waals surface area contributed by atoms with Crippen LogP contribution in [0.3, 0.4) is 0 Å². The lowest BCUT2D eigenvalue weighted by molar-refractivity contribution is 0.248. The number of nitrogens with zero attached hydrogens (tertiary/aromatic N) is 1. The molecule has 6 N–H and O–H groups in total. The molecule has 0 aromatic heterocycles. The van der Waals surface area contributed by atoms with E-state index in [-0.39, 0.29) is 0 Å². The highest BCUT2D eigenvalue weighted by molar-refractivity contribution is 7.45. The summed E-state index contributed by atoms with van der Waals surface area (Å²) in [5, 5.41) is 5.02. The zero-order chi connectivity index (χ0) is 9.61. The first-order valence-corrected chi connectivity index (χ1v) is 4.95. The van der Waals surface area contributed by atoms with Gasteiger partial charge in [-0.15, -0.1) is 0 Å². The summed E-state index contributed by atoms with van der Waals surface area (Å²) in [4.78, 5) is 21.6. The van der Waals surface area contributed by atoms with Gasteiger partial charge in [-0.1, -0.05) is 0 Å². The number of phosphoric acid groups is 1. The smallest absolute Gasteiger partial charge is 0.314 e. The second kappa shape index (κ2) is 5.60. The van der Waals surface area contributed by atoms with Gasteiger partial charge >= 0.3 is 7.82 Å². The van der Waals surface area contributed by atoms with Crippen molar-refractivity contribution in [1.29, 1.82) is 0 Å². The largest absolute Gasteiger partial charge is 0.466 e. The fourth-order valence-corrected chi connectivity index (χ4v) is 0.682. The van der Waals surface area contributed by atoms with E-state index < -0.39 is 7.82 Å². The molecule has 1 saturated heterocycles. The molecule has 1 rings (SSSR count). The van der Waals surface area contributed by atoms with Crippen LogP contribution in [0.1, 0.15) is 0 Å². The first-order chi connectivity index (χ1) is 5.39. The molecule has 0 aromatic carbocycles. The van der Waals surface area contributed by atoms with Crippen molar-refractivity contribution in [2.45, 2.75) is 0 Å². The molecule has 0 aliphatic carbocycles. The summed E-state index contributed by atoms with van der Waals surface area (Å²) in [7, 11) is -4.64. The van der Waals surface area contributed by atoms with Crippen LogP contribution in [-0.2, 0) is 4.57 Å². The summed E-state index contributed by atoms with van der Waals surface area (Å²) in [6, 6.07) is 0. The number of nitrogens with two attached hydrogens (primary N) is 1. The van der Waals surface area contributed by atoms with E-state index in [0.717, 1.165) is 26.2 Å². The molecule has 1 aliphatic rings. The van der Waals surface area contributed by atoms with Crippen molar-refractivity contribution in [3.05, 3.63) is 0 Å². The Hall–Kier alpha value is -0.0100. The normalized spacial score (nSPS) is 19.7. The summed E-state index contributed by atoms with van der Waals surface area (Å²) in [6.07, 6.45) is 0. The molecule has 0 spiro atoms. The van der Waals surface area contributed by atoms with Gasteiger partial charge in [-0.25, -0.2) is 9.57 Å². The maximum atomic E-state index is 8.88. The van der Waals surface area contributed by atoms with Gasteiger partial charge in [0.15, 0.2) is 0 Å². The number of nitrogens with one attached hydrogen (secondary N) is 1. The first kappa shape index (κ1) is 12.0. The van der Waals surface area contributed by atoms with E-state index in [1.54, 1.807) is 0 Å². The van der Waals surface area contributed by atoms with Gasteiger partial charge in [-0.2, -0.15) is 0 Å². The highest BCUT2D eigenvalue weighted by Gasteiger charge is 2.01. The molecule has 8 heteroatoms. The van der Waals surface area contributed by atoms with Gasteiger partial charge in [0.2, 0.25) is 0 Å². The lowest BCUT2D eigenvalue weighted by atomic mass is 10.4. The van der Waals surface area contributed by atoms with Gasteiger partial charge < -0.3 is 20.0 Å². The number of hydrazine groups is 1. The number of rotatable bonds is 0. The molecular weight excluding hydrogens is 185 g/mol. The minimum absolute atomic E-state index is 0.986. The van der Waals surface area contributed by atoms with Gasteiger partial charge in [0.1, 0.15) is 0 Å². The quantitative estimate of drug-likeness (QED) is 0.222. The summed E-state index contributed by atoms with van der Waals surface area (Å²) in [6.45, 7) is 4.05.